The Hall–Kier alpha value is -3.93. The van der Waals surface area contributed by atoms with E-state index in [-0.39, 0.29) is 6.67 Å². The van der Waals surface area contributed by atoms with Crippen LogP contribution >= 0.6 is 0 Å². The van der Waals surface area contributed by atoms with Gasteiger partial charge in [-0.1, -0.05) is 72.8 Å². The maximum absolute atomic E-state index is 10.9. The van der Waals surface area contributed by atoms with Crippen LogP contribution in [0.3, 0.4) is 0 Å². The van der Waals surface area contributed by atoms with Crippen LogP contribution in [0.2, 0.25) is 0 Å². The second-order valence-corrected chi connectivity index (χ2v) is 10.5. The lowest BCUT2D eigenvalue weighted by atomic mass is 9.60. The van der Waals surface area contributed by atoms with Gasteiger partial charge in [0.05, 0.1) is 18.6 Å². The van der Waals surface area contributed by atoms with Crippen LogP contribution in [0.15, 0.2) is 99.9 Å². The van der Waals surface area contributed by atoms with Gasteiger partial charge in [0.1, 0.15) is 42.8 Å². The quantitative estimate of drug-likeness (QED) is 0.325. The fourth-order valence-corrected chi connectivity index (χ4v) is 6.28. The number of ether oxygens (including phenoxy) is 2. The number of aliphatic imine (C=N–C) groups is 3. The number of nitrogens with zero attached hydrogens (tertiary/aromatic N) is 4. The zero-order valence-electron chi connectivity index (χ0n) is 22.8. The molecule has 1 unspecified atom stereocenters. The third-order valence-electron chi connectivity index (χ3n) is 8.23. The number of benzene rings is 3. The standard InChI is InChI=1S/C31H33N5O5/c1-19(37)26-24(38)25(39)29(41-26)36-18-34-27-28(36)33-17-35-31(27,32)30(20-9-5-3-6-10-20,21-11-7-4-8-12-21)22-13-15-23(40-2)16-14-22/h3-17,19,24-26,29,37-39H,18,32H2,1-2H3/t19-,24-,25+,26+,29+,31?/m0/s1. The molecule has 3 aromatic carbocycles. The van der Waals surface area contributed by atoms with Crippen molar-refractivity contribution in [2.75, 3.05) is 13.8 Å². The Balaban J connectivity index is 1.53. The highest BCUT2D eigenvalue weighted by Crippen LogP contribution is 2.49. The van der Waals surface area contributed by atoms with E-state index in [1.807, 2.05) is 84.9 Å². The molecule has 41 heavy (non-hydrogen) atoms. The topological polar surface area (TPSA) is 145 Å². The second kappa shape index (κ2) is 10.5. The van der Waals surface area contributed by atoms with Gasteiger partial charge in [-0.05, 0) is 35.7 Å². The number of hydrogen-bond donors (Lipinski definition) is 4. The Morgan fingerprint density at radius 1 is 0.951 bits per heavy atom. The first-order chi connectivity index (χ1) is 19.8. The molecule has 3 aliphatic rings. The number of methoxy groups -OCH3 is 1. The molecule has 0 aliphatic carbocycles. The minimum absolute atomic E-state index is 0.0692. The van der Waals surface area contributed by atoms with Crippen molar-refractivity contribution in [3.05, 3.63) is 102 Å². The first-order valence-corrected chi connectivity index (χ1v) is 13.5. The molecule has 10 nitrogen and oxygen atoms in total. The first-order valence-electron chi connectivity index (χ1n) is 13.5. The van der Waals surface area contributed by atoms with Gasteiger partial charge >= 0.3 is 0 Å². The molecule has 0 aromatic heterocycles. The number of fused-ring (bicyclic) bond motifs is 1. The monoisotopic (exact) mass is 555 g/mol. The van der Waals surface area contributed by atoms with E-state index >= 15 is 0 Å². The van der Waals surface area contributed by atoms with Gasteiger partial charge in [-0.15, -0.1) is 0 Å². The molecule has 1 fully saturated rings. The van der Waals surface area contributed by atoms with Crippen molar-refractivity contribution < 1.29 is 24.8 Å². The third kappa shape index (κ3) is 4.10. The molecule has 1 saturated heterocycles. The van der Waals surface area contributed by atoms with Gasteiger partial charge in [-0.25, -0.2) is 9.98 Å². The fraction of sp³-hybridized carbons (Fsp3) is 0.323. The number of aliphatic hydroxyl groups is 3. The van der Waals surface area contributed by atoms with E-state index in [1.165, 1.54) is 13.3 Å². The van der Waals surface area contributed by atoms with Crippen molar-refractivity contribution in [1.82, 2.24) is 4.90 Å². The predicted octanol–water partition coefficient (Wildman–Crippen LogP) is 1.67. The lowest BCUT2D eigenvalue weighted by Crippen LogP contribution is -2.66. The van der Waals surface area contributed by atoms with Crippen LogP contribution in [-0.4, -0.2) is 88.2 Å². The molecule has 0 spiro atoms. The molecule has 3 heterocycles. The summed E-state index contributed by atoms with van der Waals surface area (Å²) < 4.78 is 11.4. The number of rotatable bonds is 7. The fourth-order valence-electron chi connectivity index (χ4n) is 6.28. The normalized spacial score (nSPS) is 28.2. The molecular formula is C31H33N5O5. The van der Waals surface area contributed by atoms with E-state index in [1.54, 1.807) is 12.0 Å². The highest BCUT2D eigenvalue weighted by molar-refractivity contribution is 6.48. The molecule has 0 amide bonds. The molecule has 6 atom stereocenters. The lowest BCUT2D eigenvalue weighted by molar-refractivity contribution is -0.0895. The number of nitrogens with two attached hydrogens (primary N) is 1. The largest absolute Gasteiger partial charge is 0.497 e. The summed E-state index contributed by atoms with van der Waals surface area (Å²) in [6.07, 6.45) is -4.12. The Morgan fingerprint density at radius 2 is 1.54 bits per heavy atom. The van der Waals surface area contributed by atoms with Crippen molar-refractivity contribution in [2.24, 2.45) is 20.7 Å². The highest BCUT2D eigenvalue weighted by Gasteiger charge is 2.60. The average Bonchev–Trinajstić information content (AvgIpc) is 3.56. The van der Waals surface area contributed by atoms with E-state index in [9.17, 15) is 15.3 Å². The minimum Gasteiger partial charge on any atom is -0.497 e. The maximum atomic E-state index is 10.9. The molecule has 10 heteroatoms. The number of amidine groups is 1. The van der Waals surface area contributed by atoms with E-state index in [0.717, 1.165) is 16.7 Å². The summed E-state index contributed by atoms with van der Waals surface area (Å²) in [6.45, 7) is 1.58. The number of aliphatic hydroxyl groups excluding tert-OH is 3. The Kier molecular flexibility index (Phi) is 6.96. The summed E-state index contributed by atoms with van der Waals surface area (Å²) in [6, 6.07) is 27.6. The van der Waals surface area contributed by atoms with Crippen LogP contribution in [0.25, 0.3) is 0 Å². The molecule has 0 radical (unpaired) electrons. The van der Waals surface area contributed by atoms with Crippen molar-refractivity contribution in [1.29, 1.82) is 0 Å². The molecule has 0 saturated carbocycles. The summed E-state index contributed by atoms with van der Waals surface area (Å²) in [5, 5.41) is 31.6. The molecule has 3 aromatic rings. The van der Waals surface area contributed by atoms with Gasteiger partial charge in [0.2, 0.25) is 0 Å². The van der Waals surface area contributed by atoms with Crippen LogP contribution in [-0.2, 0) is 10.2 Å². The van der Waals surface area contributed by atoms with Gasteiger partial charge in [0, 0.05) is 0 Å². The minimum atomic E-state index is -1.50. The van der Waals surface area contributed by atoms with Crippen LogP contribution in [0.5, 0.6) is 5.75 Å². The molecule has 5 N–H and O–H groups in total. The van der Waals surface area contributed by atoms with Gasteiger partial charge in [-0.3, -0.25) is 4.99 Å². The van der Waals surface area contributed by atoms with Crippen LogP contribution < -0.4 is 10.5 Å². The Bertz CT molecular complexity index is 1440. The SMILES string of the molecule is COc1ccc(C(c2ccccc2)(c2ccccc2)C2(N)N=CN=C3C2=NCN3[C@@H]2O[C@H]([C@H](C)O)[C@@H](O)[C@H]2O)cc1. The molecule has 3 aliphatic heterocycles. The lowest BCUT2D eigenvalue weighted by Gasteiger charge is -2.48. The third-order valence-corrected chi connectivity index (χ3v) is 8.23. The zero-order valence-corrected chi connectivity index (χ0v) is 22.8. The van der Waals surface area contributed by atoms with Crippen molar-refractivity contribution in [3.63, 3.8) is 0 Å². The zero-order chi connectivity index (χ0) is 28.8. The average molecular weight is 556 g/mol. The Labute approximate surface area is 238 Å². The predicted molar refractivity (Wildman–Crippen MR) is 155 cm³/mol. The van der Waals surface area contributed by atoms with E-state index in [0.29, 0.717) is 17.3 Å². The van der Waals surface area contributed by atoms with Crippen molar-refractivity contribution in [3.8, 4) is 5.75 Å². The second-order valence-electron chi connectivity index (χ2n) is 10.5. The van der Waals surface area contributed by atoms with Crippen molar-refractivity contribution in [2.45, 2.75) is 48.6 Å². The summed E-state index contributed by atoms with van der Waals surface area (Å²) >= 11 is 0. The summed E-state index contributed by atoms with van der Waals surface area (Å²) in [5.74, 6) is 1.09. The van der Waals surface area contributed by atoms with Gasteiger partial charge in [0.15, 0.2) is 17.7 Å². The van der Waals surface area contributed by atoms with E-state index in [2.05, 4.69) is 4.99 Å². The van der Waals surface area contributed by atoms with Crippen molar-refractivity contribution >= 4 is 17.9 Å². The van der Waals surface area contributed by atoms with E-state index < -0.39 is 41.7 Å². The molecule has 0 bridgehead atoms. The van der Waals surface area contributed by atoms with E-state index in [4.69, 9.17) is 25.2 Å². The first kappa shape index (κ1) is 27.3. The molecular weight excluding hydrogens is 522 g/mol. The van der Waals surface area contributed by atoms with Crippen LogP contribution in [0, 0.1) is 0 Å². The van der Waals surface area contributed by atoms with Gasteiger partial charge in [-0.2, -0.15) is 0 Å². The molecule has 6 rings (SSSR count). The van der Waals surface area contributed by atoms with Gasteiger partial charge < -0.3 is 35.4 Å². The summed E-state index contributed by atoms with van der Waals surface area (Å²) in [7, 11) is 1.62. The highest BCUT2D eigenvalue weighted by atomic mass is 16.6. The number of hydrogen-bond acceptors (Lipinski definition) is 10. The van der Waals surface area contributed by atoms with Crippen LogP contribution in [0.4, 0.5) is 0 Å². The summed E-state index contributed by atoms with van der Waals surface area (Å²) in [4.78, 5) is 15.9. The summed E-state index contributed by atoms with van der Waals surface area (Å²) in [5.41, 5.74) is 8.00. The van der Waals surface area contributed by atoms with Gasteiger partial charge in [0.25, 0.3) is 0 Å². The smallest absolute Gasteiger partial charge is 0.173 e. The molecule has 212 valence electrons. The van der Waals surface area contributed by atoms with Crippen LogP contribution in [0.1, 0.15) is 23.6 Å². The maximum Gasteiger partial charge on any atom is 0.173 e. The Morgan fingerprint density at radius 3 is 2.07 bits per heavy atom.